The van der Waals surface area contributed by atoms with Crippen LogP contribution in [0.4, 0.5) is 11.4 Å². The van der Waals surface area contributed by atoms with E-state index in [9.17, 15) is 14.7 Å². The number of aliphatic hydroxyl groups is 1. The number of amides is 1. The quantitative estimate of drug-likeness (QED) is 0.595. The maximum absolute atomic E-state index is 13.2. The zero-order valence-corrected chi connectivity index (χ0v) is 19.5. The number of anilines is 2. The molecule has 1 atom stereocenters. The molecular formula is C26H32N2O4. The van der Waals surface area contributed by atoms with Crippen LogP contribution in [0.3, 0.4) is 0 Å². The summed E-state index contributed by atoms with van der Waals surface area (Å²) in [6.07, 6.45) is 0.250. The third-order valence-electron chi connectivity index (χ3n) is 5.78. The molecule has 0 aromatic heterocycles. The highest BCUT2D eigenvalue weighted by Gasteiger charge is 2.45. The van der Waals surface area contributed by atoms with Gasteiger partial charge in [-0.1, -0.05) is 38.1 Å². The summed E-state index contributed by atoms with van der Waals surface area (Å²) in [6.45, 7) is 9.84. The fraction of sp³-hybridized carbons (Fsp3) is 0.385. The van der Waals surface area contributed by atoms with Gasteiger partial charge in [-0.2, -0.15) is 0 Å². The van der Waals surface area contributed by atoms with Gasteiger partial charge in [-0.25, -0.2) is 0 Å². The number of methoxy groups -OCH3 is 1. The number of rotatable bonds is 9. The maximum atomic E-state index is 13.2. The Bertz CT molecular complexity index is 1010. The summed E-state index contributed by atoms with van der Waals surface area (Å²) in [5.41, 5.74) is 2.48. The van der Waals surface area contributed by atoms with Crippen LogP contribution < -0.4 is 14.5 Å². The van der Waals surface area contributed by atoms with Gasteiger partial charge in [0.2, 0.25) is 0 Å². The highest BCUT2D eigenvalue weighted by Crippen LogP contribution is 2.44. The monoisotopic (exact) mass is 436 g/mol. The van der Waals surface area contributed by atoms with E-state index in [1.54, 1.807) is 18.2 Å². The molecule has 32 heavy (non-hydrogen) atoms. The van der Waals surface area contributed by atoms with Crippen LogP contribution in [-0.2, 0) is 9.59 Å². The molecule has 1 unspecified atom stereocenters. The third kappa shape index (κ3) is 4.35. The minimum absolute atomic E-state index is 0.101. The molecule has 2 aromatic rings. The number of carbonyl (C=O) groups is 2. The van der Waals surface area contributed by atoms with Crippen molar-refractivity contribution in [3.63, 3.8) is 0 Å². The Morgan fingerprint density at radius 2 is 1.72 bits per heavy atom. The molecule has 1 amide bonds. The van der Waals surface area contributed by atoms with Crippen LogP contribution in [0.25, 0.3) is 0 Å². The molecular weight excluding hydrogens is 404 g/mol. The van der Waals surface area contributed by atoms with Gasteiger partial charge in [-0.15, -0.1) is 0 Å². The van der Waals surface area contributed by atoms with Gasteiger partial charge in [0.15, 0.2) is 11.5 Å². The molecule has 6 heteroatoms. The van der Waals surface area contributed by atoms with Gasteiger partial charge in [0.25, 0.3) is 5.91 Å². The Morgan fingerprint density at radius 1 is 1.09 bits per heavy atom. The first-order valence-corrected chi connectivity index (χ1v) is 11.1. The van der Waals surface area contributed by atoms with E-state index in [2.05, 4.69) is 18.7 Å². The number of para-hydroxylation sites is 2. The van der Waals surface area contributed by atoms with E-state index in [-0.39, 0.29) is 23.7 Å². The normalized spacial score (nSPS) is 16.1. The summed E-state index contributed by atoms with van der Waals surface area (Å²) in [7, 11) is 1.53. The van der Waals surface area contributed by atoms with Gasteiger partial charge in [0.1, 0.15) is 5.75 Å². The largest absolute Gasteiger partial charge is 0.503 e. The lowest BCUT2D eigenvalue weighted by molar-refractivity contribution is -0.118. The second kappa shape index (κ2) is 9.90. The molecule has 0 fully saturated rings. The van der Waals surface area contributed by atoms with Gasteiger partial charge in [0, 0.05) is 25.2 Å². The van der Waals surface area contributed by atoms with Crippen molar-refractivity contribution in [2.24, 2.45) is 5.92 Å². The van der Waals surface area contributed by atoms with Crippen molar-refractivity contribution in [3.8, 4) is 5.75 Å². The fourth-order valence-corrected chi connectivity index (χ4v) is 4.22. The van der Waals surface area contributed by atoms with Crippen molar-refractivity contribution in [1.29, 1.82) is 0 Å². The molecule has 1 aliphatic heterocycles. The smallest absolute Gasteiger partial charge is 0.294 e. The lowest BCUT2D eigenvalue weighted by Crippen LogP contribution is -2.31. The van der Waals surface area contributed by atoms with Gasteiger partial charge in [0.05, 0.1) is 24.4 Å². The molecule has 0 radical (unpaired) electrons. The predicted octanol–water partition coefficient (Wildman–Crippen LogP) is 5.06. The number of ether oxygens (including phenoxy) is 1. The molecule has 0 saturated carbocycles. The summed E-state index contributed by atoms with van der Waals surface area (Å²) in [4.78, 5) is 30.1. The van der Waals surface area contributed by atoms with Crippen LogP contribution in [0.2, 0.25) is 0 Å². The number of hydrogen-bond donors (Lipinski definition) is 1. The lowest BCUT2D eigenvalue weighted by Gasteiger charge is -2.29. The minimum atomic E-state index is -0.726. The van der Waals surface area contributed by atoms with Crippen molar-refractivity contribution in [2.45, 2.75) is 40.2 Å². The lowest BCUT2D eigenvalue weighted by atomic mass is 9.92. The first-order chi connectivity index (χ1) is 15.3. The fourth-order valence-electron chi connectivity index (χ4n) is 4.22. The Kier molecular flexibility index (Phi) is 7.23. The molecule has 0 saturated heterocycles. The molecule has 0 aliphatic carbocycles. The number of benzene rings is 2. The van der Waals surface area contributed by atoms with Crippen LogP contribution in [0, 0.1) is 5.92 Å². The summed E-state index contributed by atoms with van der Waals surface area (Å²) in [6, 6.07) is 14.2. The Morgan fingerprint density at radius 3 is 2.28 bits per heavy atom. The standard InChI is InChI=1S/C26H32N2O4/c1-6-27(7-2)19-14-12-18(13-15-19)24-23(21(29)16-17(3)4)25(30)26(31)28(24)20-10-8-9-11-22(20)32-5/h8-15,17,24,30H,6-7,16H2,1-5H3. The average Bonchev–Trinajstić information content (AvgIpc) is 3.05. The molecule has 2 aromatic carbocycles. The van der Waals surface area contributed by atoms with E-state index in [1.165, 1.54) is 12.0 Å². The van der Waals surface area contributed by atoms with E-state index in [4.69, 9.17) is 4.74 Å². The van der Waals surface area contributed by atoms with Crippen molar-refractivity contribution in [3.05, 3.63) is 65.4 Å². The molecule has 170 valence electrons. The van der Waals surface area contributed by atoms with Crippen LogP contribution >= 0.6 is 0 Å². The second-order valence-corrected chi connectivity index (χ2v) is 8.30. The molecule has 3 rings (SSSR count). The van der Waals surface area contributed by atoms with Crippen molar-refractivity contribution in [1.82, 2.24) is 0 Å². The second-order valence-electron chi connectivity index (χ2n) is 8.30. The zero-order valence-electron chi connectivity index (χ0n) is 19.5. The molecule has 1 heterocycles. The predicted molar refractivity (Wildman–Crippen MR) is 127 cm³/mol. The minimum Gasteiger partial charge on any atom is -0.503 e. The van der Waals surface area contributed by atoms with E-state index in [1.807, 2.05) is 44.2 Å². The number of hydrogen-bond acceptors (Lipinski definition) is 5. The summed E-state index contributed by atoms with van der Waals surface area (Å²) in [5, 5.41) is 10.8. The number of aliphatic hydroxyl groups excluding tert-OH is 1. The van der Waals surface area contributed by atoms with Gasteiger partial charge < -0.3 is 14.7 Å². The van der Waals surface area contributed by atoms with E-state index in [0.29, 0.717) is 11.4 Å². The highest BCUT2D eigenvalue weighted by molar-refractivity contribution is 6.17. The van der Waals surface area contributed by atoms with E-state index < -0.39 is 17.7 Å². The summed E-state index contributed by atoms with van der Waals surface area (Å²) >= 11 is 0. The maximum Gasteiger partial charge on any atom is 0.294 e. The Balaban J connectivity index is 2.14. The number of carbonyl (C=O) groups excluding carboxylic acids is 2. The number of nitrogens with zero attached hydrogens (tertiary/aromatic N) is 2. The summed E-state index contributed by atoms with van der Waals surface area (Å²) in [5.74, 6) is -0.709. The Labute approximate surface area is 190 Å². The van der Waals surface area contributed by atoms with Gasteiger partial charge in [-0.3, -0.25) is 14.5 Å². The first-order valence-electron chi connectivity index (χ1n) is 11.1. The number of ketones is 1. The first kappa shape index (κ1) is 23.4. The van der Waals surface area contributed by atoms with E-state index >= 15 is 0 Å². The van der Waals surface area contributed by atoms with Crippen molar-refractivity contribution >= 4 is 23.1 Å². The van der Waals surface area contributed by atoms with Gasteiger partial charge in [-0.05, 0) is 49.6 Å². The molecule has 0 spiro atoms. The van der Waals surface area contributed by atoms with Crippen LogP contribution in [-0.4, -0.2) is 37.0 Å². The molecule has 1 N–H and O–H groups in total. The van der Waals surface area contributed by atoms with Crippen LogP contribution in [0.15, 0.2) is 59.9 Å². The summed E-state index contributed by atoms with van der Waals surface area (Å²) < 4.78 is 5.48. The van der Waals surface area contributed by atoms with Crippen molar-refractivity contribution in [2.75, 3.05) is 30.0 Å². The Hall–Kier alpha value is -3.28. The zero-order chi connectivity index (χ0) is 23.4. The average molecular weight is 437 g/mol. The van der Waals surface area contributed by atoms with Crippen LogP contribution in [0.1, 0.15) is 45.7 Å². The molecule has 0 bridgehead atoms. The SMILES string of the molecule is CCN(CC)c1ccc(C2C(C(=O)CC(C)C)=C(O)C(=O)N2c2ccccc2OC)cc1. The van der Waals surface area contributed by atoms with E-state index in [0.717, 1.165) is 24.3 Å². The number of Topliss-reactive ketones (excluding diaryl/α,β-unsaturated/α-hetero) is 1. The highest BCUT2D eigenvalue weighted by atomic mass is 16.5. The van der Waals surface area contributed by atoms with Crippen LogP contribution in [0.5, 0.6) is 5.75 Å². The van der Waals surface area contributed by atoms with Crippen molar-refractivity contribution < 1.29 is 19.4 Å². The molecule has 1 aliphatic rings. The topological polar surface area (TPSA) is 70.1 Å². The van der Waals surface area contributed by atoms with Gasteiger partial charge >= 0.3 is 0 Å². The third-order valence-corrected chi connectivity index (χ3v) is 5.78. The molecule has 6 nitrogen and oxygen atoms in total.